The number of nitrogens with one attached hydrogen (secondary N) is 1. The number of benzene rings is 1. The van der Waals surface area contributed by atoms with Crippen LogP contribution in [0.2, 0.25) is 5.02 Å². The van der Waals surface area contributed by atoms with E-state index in [2.05, 4.69) is 4.72 Å². The highest BCUT2D eigenvalue weighted by molar-refractivity contribution is 7.89. The first kappa shape index (κ1) is 16.3. The first-order chi connectivity index (χ1) is 9.81. The molecule has 0 aromatic heterocycles. The maximum atomic E-state index is 12.3. The summed E-state index contributed by atoms with van der Waals surface area (Å²) in [5, 5.41) is 9.03. The standard InChI is InChI=1S/C14H18ClNO4S/c1-9(10-4-2-3-5-10)16-21(19,20)11-6-7-13(15)12(8-11)14(17)18/h6-10,16H,2-5H2,1H3,(H,17,18). The minimum Gasteiger partial charge on any atom is -0.478 e. The van der Waals surface area contributed by atoms with Gasteiger partial charge in [0.05, 0.1) is 15.5 Å². The molecule has 0 bridgehead atoms. The summed E-state index contributed by atoms with van der Waals surface area (Å²) in [6.07, 6.45) is 4.29. The minimum absolute atomic E-state index is 0.0188. The molecule has 1 fully saturated rings. The summed E-state index contributed by atoms with van der Waals surface area (Å²) in [5.41, 5.74) is -0.215. The number of hydrogen-bond acceptors (Lipinski definition) is 3. The van der Waals surface area contributed by atoms with Crippen molar-refractivity contribution in [2.75, 3.05) is 0 Å². The van der Waals surface area contributed by atoms with Crippen LogP contribution in [-0.2, 0) is 10.0 Å². The number of halogens is 1. The van der Waals surface area contributed by atoms with Crippen molar-refractivity contribution < 1.29 is 18.3 Å². The highest BCUT2D eigenvalue weighted by Crippen LogP contribution is 2.28. The third-order valence-electron chi connectivity index (χ3n) is 3.93. The number of carboxylic acid groups (broad SMARTS) is 1. The van der Waals surface area contributed by atoms with Gasteiger partial charge in [0.25, 0.3) is 0 Å². The number of sulfonamides is 1. The molecule has 0 aliphatic heterocycles. The van der Waals surface area contributed by atoms with Gasteiger partial charge in [0, 0.05) is 6.04 Å². The number of carboxylic acids is 1. The molecule has 1 aliphatic carbocycles. The SMILES string of the molecule is CC(NS(=O)(=O)c1ccc(Cl)c(C(=O)O)c1)C1CCCC1. The maximum absolute atomic E-state index is 12.3. The molecule has 1 saturated carbocycles. The quantitative estimate of drug-likeness (QED) is 0.869. The predicted octanol–water partition coefficient (Wildman–Crippen LogP) is 2.90. The Labute approximate surface area is 129 Å². The van der Waals surface area contributed by atoms with Gasteiger partial charge in [-0.25, -0.2) is 17.9 Å². The molecule has 1 aliphatic rings. The van der Waals surface area contributed by atoms with Crippen molar-refractivity contribution in [1.29, 1.82) is 0 Å². The minimum atomic E-state index is -3.74. The normalized spacial score (nSPS) is 17.8. The number of rotatable bonds is 5. The number of aromatic carboxylic acids is 1. The zero-order chi connectivity index (χ0) is 15.6. The second kappa shape index (κ2) is 6.34. The van der Waals surface area contributed by atoms with Gasteiger partial charge in [-0.3, -0.25) is 0 Å². The highest BCUT2D eigenvalue weighted by Gasteiger charge is 2.26. The Morgan fingerprint density at radius 3 is 2.57 bits per heavy atom. The van der Waals surface area contributed by atoms with E-state index in [1.807, 2.05) is 6.92 Å². The lowest BCUT2D eigenvalue weighted by Crippen LogP contribution is -2.37. The van der Waals surface area contributed by atoms with Gasteiger partial charge in [0.15, 0.2) is 0 Å². The van der Waals surface area contributed by atoms with Gasteiger partial charge in [-0.1, -0.05) is 24.4 Å². The predicted molar refractivity (Wildman–Crippen MR) is 80.2 cm³/mol. The second-order valence-electron chi connectivity index (χ2n) is 5.40. The van der Waals surface area contributed by atoms with Crippen LogP contribution in [0.4, 0.5) is 0 Å². The fourth-order valence-corrected chi connectivity index (χ4v) is 4.24. The maximum Gasteiger partial charge on any atom is 0.337 e. The molecule has 0 spiro atoms. The van der Waals surface area contributed by atoms with Crippen LogP contribution in [0.3, 0.4) is 0 Å². The Morgan fingerprint density at radius 2 is 2.00 bits per heavy atom. The van der Waals surface area contributed by atoms with E-state index in [9.17, 15) is 13.2 Å². The van der Waals surface area contributed by atoms with E-state index >= 15 is 0 Å². The van der Waals surface area contributed by atoms with Gasteiger partial charge in [-0.15, -0.1) is 0 Å². The fourth-order valence-electron chi connectivity index (χ4n) is 2.70. The molecule has 7 heteroatoms. The van der Waals surface area contributed by atoms with Crippen LogP contribution in [-0.4, -0.2) is 25.5 Å². The molecule has 0 amide bonds. The lowest BCUT2D eigenvalue weighted by Gasteiger charge is -2.20. The molecule has 0 saturated heterocycles. The van der Waals surface area contributed by atoms with Crippen LogP contribution in [0.15, 0.2) is 23.1 Å². The van der Waals surface area contributed by atoms with Gasteiger partial charge in [-0.2, -0.15) is 0 Å². The Hall–Kier alpha value is -1.11. The fraction of sp³-hybridized carbons (Fsp3) is 0.500. The summed E-state index contributed by atoms with van der Waals surface area (Å²) in [6, 6.07) is 3.54. The molecule has 0 heterocycles. The molecule has 1 atom stereocenters. The van der Waals surface area contributed by atoms with Gasteiger partial charge in [-0.05, 0) is 43.9 Å². The Morgan fingerprint density at radius 1 is 1.38 bits per heavy atom. The zero-order valence-electron chi connectivity index (χ0n) is 11.7. The summed E-state index contributed by atoms with van der Waals surface area (Å²) in [7, 11) is -3.74. The van der Waals surface area contributed by atoms with Gasteiger partial charge in [0.2, 0.25) is 10.0 Å². The summed E-state index contributed by atoms with van der Waals surface area (Å²) < 4.78 is 27.3. The molecule has 1 aromatic carbocycles. The molecule has 5 nitrogen and oxygen atoms in total. The summed E-state index contributed by atoms with van der Waals surface area (Å²) >= 11 is 5.75. The summed E-state index contributed by atoms with van der Waals surface area (Å²) in [4.78, 5) is 11.0. The van der Waals surface area contributed by atoms with Crippen molar-refractivity contribution in [3.05, 3.63) is 28.8 Å². The monoisotopic (exact) mass is 331 g/mol. The van der Waals surface area contributed by atoms with Crippen LogP contribution in [0, 0.1) is 5.92 Å². The van der Waals surface area contributed by atoms with Crippen LogP contribution >= 0.6 is 11.6 Å². The van der Waals surface area contributed by atoms with E-state index in [0.29, 0.717) is 5.92 Å². The second-order valence-corrected chi connectivity index (χ2v) is 7.52. The van der Waals surface area contributed by atoms with Crippen LogP contribution in [0.1, 0.15) is 43.0 Å². The zero-order valence-corrected chi connectivity index (χ0v) is 13.2. The molecule has 2 N–H and O–H groups in total. The van der Waals surface area contributed by atoms with Crippen LogP contribution in [0.5, 0.6) is 0 Å². The molecule has 1 unspecified atom stereocenters. The lowest BCUT2D eigenvalue weighted by atomic mass is 10.0. The van der Waals surface area contributed by atoms with Crippen molar-refractivity contribution in [3.63, 3.8) is 0 Å². The Kier molecular flexibility index (Phi) is 4.91. The molecule has 0 radical (unpaired) electrons. The van der Waals surface area contributed by atoms with E-state index in [1.165, 1.54) is 12.1 Å². The Bertz CT molecular complexity index is 638. The van der Waals surface area contributed by atoms with E-state index in [0.717, 1.165) is 31.7 Å². The van der Waals surface area contributed by atoms with Crippen LogP contribution in [0.25, 0.3) is 0 Å². The Balaban J connectivity index is 2.23. The molecule has 1 aromatic rings. The van der Waals surface area contributed by atoms with Crippen molar-refractivity contribution >= 4 is 27.6 Å². The number of carbonyl (C=O) groups is 1. The van der Waals surface area contributed by atoms with Gasteiger partial charge >= 0.3 is 5.97 Å². The first-order valence-corrected chi connectivity index (χ1v) is 8.72. The van der Waals surface area contributed by atoms with E-state index in [-0.39, 0.29) is 21.5 Å². The van der Waals surface area contributed by atoms with Crippen molar-refractivity contribution in [2.45, 2.75) is 43.5 Å². The average molecular weight is 332 g/mol. The molecular weight excluding hydrogens is 314 g/mol. The molecule has 21 heavy (non-hydrogen) atoms. The van der Waals surface area contributed by atoms with E-state index in [4.69, 9.17) is 16.7 Å². The lowest BCUT2D eigenvalue weighted by molar-refractivity contribution is 0.0697. The number of hydrogen-bond donors (Lipinski definition) is 2. The summed E-state index contributed by atoms with van der Waals surface area (Å²) in [6.45, 7) is 1.85. The highest BCUT2D eigenvalue weighted by atomic mass is 35.5. The van der Waals surface area contributed by atoms with E-state index < -0.39 is 16.0 Å². The van der Waals surface area contributed by atoms with Gasteiger partial charge < -0.3 is 5.11 Å². The van der Waals surface area contributed by atoms with Gasteiger partial charge in [0.1, 0.15) is 0 Å². The summed E-state index contributed by atoms with van der Waals surface area (Å²) in [5.74, 6) is -0.910. The van der Waals surface area contributed by atoms with E-state index in [1.54, 1.807) is 0 Å². The van der Waals surface area contributed by atoms with Crippen molar-refractivity contribution in [1.82, 2.24) is 4.72 Å². The third kappa shape index (κ3) is 3.75. The average Bonchev–Trinajstić information content (AvgIpc) is 2.92. The third-order valence-corrected chi connectivity index (χ3v) is 5.81. The van der Waals surface area contributed by atoms with Crippen molar-refractivity contribution in [2.24, 2.45) is 5.92 Å². The topological polar surface area (TPSA) is 83.5 Å². The largest absolute Gasteiger partial charge is 0.478 e. The van der Waals surface area contributed by atoms with Crippen LogP contribution < -0.4 is 4.72 Å². The van der Waals surface area contributed by atoms with Crippen molar-refractivity contribution in [3.8, 4) is 0 Å². The molecule has 116 valence electrons. The molecular formula is C14H18ClNO4S. The molecule has 2 rings (SSSR count). The smallest absolute Gasteiger partial charge is 0.337 e. The first-order valence-electron chi connectivity index (χ1n) is 6.86.